The van der Waals surface area contributed by atoms with E-state index < -0.39 is 10.3 Å². The van der Waals surface area contributed by atoms with Crippen LogP contribution in [0.1, 0.15) is 0 Å². The molecule has 2 aromatic rings. The van der Waals surface area contributed by atoms with Gasteiger partial charge >= 0.3 is 10.3 Å². The highest BCUT2D eigenvalue weighted by atomic mass is 32.2. The smallest absolute Gasteiger partial charge is 0.357 e. The van der Waals surface area contributed by atoms with E-state index in [-0.39, 0.29) is 10.8 Å². The van der Waals surface area contributed by atoms with Gasteiger partial charge in [-0.15, -0.1) is 10.2 Å². The molecule has 0 bridgehead atoms. The van der Waals surface area contributed by atoms with Crippen molar-refractivity contribution in [3.63, 3.8) is 0 Å². The zero-order valence-electron chi connectivity index (χ0n) is 8.36. The molecule has 1 heterocycles. The lowest BCUT2D eigenvalue weighted by Gasteiger charge is -2.06. The first-order chi connectivity index (χ1) is 7.96. The molecule has 0 amide bonds. The maximum Gasteiger partial charge on any atom is 0.357 e. The lowest BCUT2D eigenvalue weighted by Crippen LogP contribution is -2.11. The van der Waals surface area contributed by atoms with Gasteiger partial charge in [0.25, 0.3) is 0 Å². The zero-order chi connectivity index (χ0) is 12.5. The number of nitrogens with two attached hydrogens (primary N) is 1. The number of para-hydroxylation sites is 1. The van der Waals surface area contributed by atoms with Gasteiger partial charge in [0.1, 0.15) is 0 Å². The molecule has 2 rings (SSSR count). The van der Waals surface area contributed by atoms with Crippen LogP contribution in [0.4, 0.5) is 10.8 Å². The van der Waals surface area contributed by atoms with Crippen molar-refractivity contribution in [2.75, 3.05) is 10.5 Å². The Morgan fingerprint density at radius 2 is 2.00 bits per heavy atom. The number of hydrogen-bond donors (Lipinski definition) is 3. The summed E-state index contributed by atoms with van der Waals surface area (Å²) in [5.41, 5.74) is 6.16. The molecule has 0 aliphatic carbocycles. The lowest BCUT2D eigenvalue weighted by atomic mass is 10.2. The average molecular weight is 272 g/mol. The molecule has 0 unspecified atom stereocenters. The quantitative estimate of drug-likeness (QED) is 0.717. The van der Waals surface area contributed by atoms with E-state index in [1.807, 2.05) is 4.72 Å². The van der Waals surface area contributed by atoms with Crippen LogP contribution < -0.4 is 10.5 Å². The molecule has 0 spiro atoms. The second-order valence-electron chi connectivity index (χ2n) is 3.07. The largest absolute Gasteiger partial charge is 0.374 e. The highest BCUT2D eigenvalue weighted by molar-refractivity contribution is 7.87. The minimum absolute atomic E-state index is 0.214. The van der Waals surface area contributed by atoms with E-state index in [0.29, 0.717) is 10.6 Å². The fourth-order valence-corrected chi connectivity index (χ4v) is 2.35. The second-order valence-corrected chi connectivity index (χ2v) is 5.23. The van der Waals surface area contributed by atoms with Crippen LogP contribution in [-0.4, -0.2) is 23.2 Å². The molecule has 17 heavy (non-hydrogen) atoms. The van der Waals surface area contributed by atoms with Crippen LogP contribution in [0.5, 0.6) is 0 Å². The summed E-state index contributed by atoms with van der Waals surface area (Å²) in [6.07, 6.45) is 0. The van der Waals surface area contributed by atoms with E-state index in [0.717, 1.165) is 11.3 Å². The van der Waals surface area contributed by atoms with Gasteiger partial charge in [0.05, 0.1) is 5.69 Å². The predicted octanol–water partition coefficient (Wildman–Crippen LogP) is 1.00. The molecular formula is C8H8N4O3S2. The van der Waals surface area contributed by atoms with Gasteiger partial charge in [-0.3, -0.25) is 9.27 Å². The van der Waals surface area contributed by atoms with Crippen molar-refractivity contribution in [3.05, 3.63) is 24.3 Å². The Hall–Kier alpha value is -1.71. The van der Waals surface area contributed by atoms with Crippen LogP contribution >= 0.6 is 11.3 Å². The Bertz CT molecular complexity index is 638. The molecule has 7 nitrogen and oxygen atoms in total. The molecule has 0 radical (unpaired) electrons. The van der Waals surface area contributed by atoms with Gasteiger partial charge in [0.15, 0.2) is 5.01 Å². The van der Waals surface area contributed by atoms with E-state index in [1.165, 1.54) is 6.07 Å². The third kappa shape index (κ3) is 2.90. The third-order valence-corrected chi connectivity index (χ3v) is 3.10. The summed E-state index contributed by atoms with van der Waals surface area (Å²) >= 11 is 1.12. The van der Waals surface area contributed by atoms with Crippen molar-refractivity contribution in [1.29, 1.82) is 0 Å². The Labute approximate surface area is 101 Å². The van der Waals surface area contributed by atoms with Gasteiger partial charge in [0, 0.05) is 5.56 Å². The molecule has 0 aliphatic heterocycles. The van der Waals surface area contributed by atoms with Gasteiger partial charge in [-0.25, -0.2) is 0 Å². The summed E-state index contributed by atoms with van der Waals surface area (Å²) in [6.45, 7) is 0. The van der Waals surface area contributed by atoms with Gasteiger partial charge < -0.3 is 5.73 Å². The predicted molar refractivity (Wildman–Crippen MR) is 64.9 cm³/mol. The summed E-state index contributed by atoms with van der Waals surface area (Å²) in [5.74, 6) is 0. The number of hydrogen-bond acceptors (Lipinski definition) is 6. The number of rotatable bonds is 3. The number of nitrogens with one attached hydrogen (secondary N) is 1. The molecule has 9 heteroatoms. The van der Waals surface area contributed by atoms with E-state index in [4.69, 9.17) is 10.3 Å². The van der Waals surface area contributed by atoms with Gasteiger partial charge in [-0.1, -0.05) is 23.5 Å². The molecule has 0 saturated carbocycles. The summed E-state index contributed by atoms with van der Waals surface area (Å²) in [5, 5.41) is 8.19. The van der Waals surface area contributed by atoms with Crippen molar-refractivity contribution < 1.29 is 13.0 Å². The van der Waals surface area contributed by atoms with Crippen LogP contribution in [-0.2, 0) is 10.3 Å². The molecule has 90 valence electrons. The molecule has 0 aliphatic rings. The van der Waals surface area contributed by atoms with Crippen molar-refractivity contribution in [3.8, 4) is 10.6 Å². The maximum absolute atomic E-state index is 10.8. The topological polar surface area (TPSA) is 118 Å². The van der Waals surface area contributed by atoms with Gasteiger partial charge in [-0.2, -0.15) is 8.42 Å². The Morgan fingerprint density at radius 1 is 1.29 bits per heavy atom. The number of nitrogen functional groups attached to an aromatic ring is 1. The monoisotopic (exact) mass is 272 g/mol. The van der Waals surface area contributed by atoms with Crippen LogP contribution in [0.25, 0.3) is 10.6 Å². The number of aromatic nitrogens is 2. The van der Waals surface area contributed by atoms with Crippen molar-refractivity contribution in [1.82, 2.24) is 10.2 Å². The average Bonchev–Trinajstić information content (AvgIpc) is 2.63. The summed E-state index contributed by atoms with van der Waals surface area (Å²) in [6, 6.07) is 6.48. The highest BCUT2D eigenvalue weighted by Gasteiger charge is 2.12. The van der Waals surface area contributed by atoms with E-state index in [9.17, 15) is 8.42 Å². The standard InChI is InChI=1S/C8H8N4O3S2/c9-8-11-10-7(16-8)5-3-1-2-4-6(5)12-17(13,14)15/h1-4,12H,(H2,9,11)(H,13,14,15). The summed E-state index contributed by atoms with van der Waals surface area (Å²) < 4.78 is 32.3. The fraction of sp³-hybridized carbons (Fsp3) is 0. The van der Waals surface area contributed by atoms with E-state index >= 15 is 0 Å². The lowest BCUT2D eigenvalue weighted by molar-refractivity contribution is 0.490. The first-order valence-electron chi connectivity index (χ1n) is 4.39. The van der Waals surface area contributed by atoms with E-state index in [1.54, 1.807) is 18.2 Å². The van der Waals surface area contributed by atoms with Crippen molar-refractivity contribution in [2.45, 2.75) is 0 Å². The third-order valence-electron chi connectivity index (χ3n) is 1.84. The first-order valence-corrected chi connectivity index (χ1v) is 6.65. The minimum atomic E-state index is -4.33. The Balaban J connectivity index is 2.48. The fourth-order valence-electron chi connectivity index (χ4n) is 1.24. The van der Waals surface area contributed by atoms with Crippen LogP contribution in [0.3, 0.4) is 0 Å². The molecular weight excluding hydrogens is 264 g/mol. The highest BCUT2D eigenvalue weighted by Crippen LogP contribution is 2.31. The summed E-state index contributed by atoms with van der Waals surface area (Å²) in [7, 11) is -4.33. The minimum Gasteiger partial charge on any atom is -0.374 e. The molecule has 1 aromatic heterocycles. The number of anilines is 2. The molecule has 4 N–H and O–H groups in total. The Morgan fingerprint density at radius 3 is 2.59 bits per heavy atom. The molecule has 0 saturated heterocycles. The van der Waals surface area contributed by atoms with Crippen molar-refractivity contribution >= 4 is 32.5 Å². The number of nitrogens with zero attached hydrogens (tertiary/aromatic N) is 2. The molecule has 0 atom stereocenters. The number of benzene rings is 1. The summed E-state index contributed by atoms with van der Waals surface area (Å²) in [4.78, 5) is 0. The maximum atomic E-state index is 10.8. The second kappa shape index (κ2) is 4.28. The SMILES string of the molecule is Nc1nnc(-c2ccccc2NS(=O)(=O)O)s1. The van der Waals surface area contributed by atoms with E-state index in [2.05, 4.69) is 10.2 Å². The first kappa shape index (κ1) is 11.8. The van der Waals surface area contributed by atoms with Gasteiger partial charge in [0.2, 0.25) is 5.13 Å². The molecule has 1 aromatic carbocycles. The Kier molecular flexibility index (Phi) is 2.96. The van der Waals surface area contributed by atoms with Crippen LogP contribution in [0.15, 0.2) is 24.3 Å². The van der Waals surface area contributed by atoms with Gasteiger partial charge in [-0.05, 0) is 12.1 Å². The molecule has 0 fully saturated rings. The normalized spacial score (nSPS) is 11.4. The zero-order valence-corrected chi connectivity index (χ0v) is 9.99. The van der Waals surface area contributed by atoms with Crippen LogP contribution in [0, 0.1) is 0 Å². The van der Waals surface area contributed by atoms with Crippen LogP contribution in [0.2, 0.25) is 0 Å². The van der Waals surface area contributed by atoms with Crippen molar-refractivity contribution in [2.24, 2.45) is 0 Å².